The number of benzene rings is 1. The first-order chi connectivity index (χ1) is 11.2. The molecule has 0 aliphatic rings. The van der Waals surface area contributed by atoms with E-state index in [1.54, 1.807) is 18.6 Å². The smallest absolute Gasteiger partial charge is 0.358 e. The van der Waals surface area contributed by atoms with E-state index in [1.165, 1.54) is 11.3 Å². The van der Waals surface area contributed by atoms with Gasteiger partial charge < -0.3 is 14.5 Å². The molecule has 0 bridgehead atoms. The second-order valence-corrected chi connectivity index (χ2v) is 5.79. The van der Waals surface area contributed by atoms with E-state index in [0.717, 1.165) is 10.9 Å². The highest BCUT2D eigenvalue weighted by Crippen LogP contribution is 2.13. The zero-order valence-electron chi connectivity index (χ0n) is 12.4. The van der Waals surface area contributed by atoms with E-state index in [2.05, 4.69) is 9.97 Å². The number of para-hydroxylation sites is 1. The summed E-state index contributed by atoms with van der Waals surface area (Å²) in [4.78, 5) is 30.9. The molecule has 3 aromatic rings. The minimum Gasteiger partial charge on any atom is -0.456 e. The van der Waals surface area contributed by atoms with Crippen LogP contribution in [0.5, 0.6) is 0 Å². The normalized spacial score (nSPS) is 10.8. The number of pyridine rings is 1. The van der Waals surface area contributed by atoms with E-state index in [0.29, 0.717) is 17.2 Å². The first kappa shape index (κ1) is 15.4. The number of thiazole rings is 1. The summed E-state index contributed by atoms with van der Waals surface area (Å²) in [5.74, 6) is -0.559. The van der Waals surface area contributed by atoms with E-state index in [1.807, 2.05) is 24.3 Å². The minimum absolute atomic E-state index is 0.101. The van der Waals surface area contributed by atoms with Gasteiger partial charge in [0.2, 0.25) is 0 Å². The topological polar surface area (TPSA) is 81.3 Å². The SMILES string of the molecule is COCc1nc(C(=O)OCc2cc3ccccc3[nH]c2=O)cs1. The number of hydrogen-bond acceptors (Lipinski definition) is 6. The van der Waals surface area contributed by atoms with E-state index in [9.17, 15) is 9.59 Å². The van der Waals surface area contributed by atoms with Crippen LogP contribution >= 0.6 is 11.3 Å². The number of fused-ring (bicyclic) bond motifs is 1. The Labute approximate surface area is 135 Å². The molecule has 1 N–H and O–H groups in total. The predicted octanol–water partition coefficient (Wildman–Crippen LogP) is 2.49. The van der Waals surface area contributed by atoms with Gasteiger partial charge in [0, 0.05) is 18.0 Å². The van der Waals surface area contributed by atoms with Gasteiger partial charge in [-0.25, -0.2) is 9.78 Å². The van der Waals surface area contributed by atoms with Gasteiger partial charge in [-0.2, -0.15) is 0 Å². The van der Waals surface area contributed by atoms with Crippen molar-refractivity contribution in [3.63, 3.8) is 0 Å². The maximum atomic E-state index is 12.0. The van der Waals surface area contributed by atoms with E-state index in [4.69, 9.17) is 9.47 Å². The Balaban J connectivity index is 1.73. The molecule has 0 radical (unpaired) electrons. The summed E-state index contributed by atoms with van der Waals surface area (Å²) >= 11 is 1.32. The molecule has 2 heterocycles. The van der Waals surface area contributed by atoms with Crippen molar-refractivity contribution in [2.24, 2.45) is 0 Å². The van der Waals surface area contributed by atoms with Crippen LogP contribution in [0, 0.1) is 0 Å². The number of aromatic amines is 1. The summed E-state index contributed by atoms with van der Waals surface area (Å²) in [7, 11) is 1.56. The number of aromatic nitrogens is 2. The van der Waals surface area contributed by atoms with Gasteiger partial charge in [0.05, 0.1) is 12.2 Å². The lowest BCUT2D eigenvalue weighted by Crippen LogP contribution is -2.15. The molecular weight excluding hydrogens is 316 g/mol. The zero-order chi connectivity index (χ0) is 16.2. The third kappa shape index (κ3) is 3.46. The molecule has 0 amide bonds. The Morgan fingerprint density at radius 1 is 1.30 bits per heavy atom. The molecule has 7 heteroatoms. The quantitative estimate of drug-likeness (QED) is 0.727. The molecule has 0 saturated carbocycles. The third-order valence-corrected chi connectivity index (χ3v) is 4.04. The number of hydrogen-bond donors (Lipinski definition) is 1. The number of nitrogens with zero attached hydrogens (tertiary/aromatic N) is 1. The monoisotopic (exact) mass is 330 g/mol. The molecule has 118 valence electrons. The third-order valence-electron chi connectivity index (χ3n) is 3.22. The Morgan fingerprint density at radius 2 is 2.13 bits per heavy atom. The zero-order valence-corrected chi connectivity index (χ0v) is 13.2. The molecule has 0 atom stereocenters. The summed E-state index contributed by atoms with van der Waals surface area (Å²) < 4.78 is 10.1. The van der Waals surface area contributed by atoms with Crippen LogP contribution in [-0.2, 0) is 22.7 Å². The van der Waals surface area contributed by atoms with E-state index < -0.39 is 5.97 Å². The number of nitrogens with one attached hydrogen (secondary N) is 1. The van der Waals surface area contributed by atoms with E-state index >= 15 is 0 Å². The fraction of sp³-hybridized carbons (Fsp3) is 0.188. The molecule has 0 aliphatic carbocycles. The lowest BCUT2D eigenvalue weighted by atomic mass is 10.1. The van der Waals surface area contributed by atoms with Gasteiger partial charge in [0.1, 0.15) is 11.6 Å². The summed E-state index contributed by atoms with van der Waals surface area (Å²) in [5, 5.41) is 3.19. The van der Waals surface area contributed by atoms with Crippen LogP contribution in [0.25, 0.3) is 10.9 Å². The van der Waals surface area contributed by atoms with Crippen molar-refractivity contribution >= 4 is 28.2 Å². The Hall–Kier alpha value is -2.51. The van der Waals surface area contributed by atoms with Gasteiger partial charge >= 0.3 is 5.97 Å². The highest BCUT2D eigenvalue weighted by molar-refractivity contribution is 7.09. The lowest BCUT2D eigenvalue weighted by Gasteiger charge is -2.04. The van der Waals surface area contributed by atoms with Crippen LogP contribution in [0.1, 0.15) is 21.1 Å². The van der Waals surface area contributed by atoms with Gasteiger partial charge in [-0.15, -0.1) is 11.3 Å². The minimum atomic E-state index is -0.559. The van der Waals surface area contributed by atoms with Crippen molar-refractivity contribution < 1.29 is 14.3 Å². The summed E-state index contributed by atoms with van der Waals surface area (Å²) in [6.07, 6.45) is 0. The number of rotatable bonds is 5. The molecular formula is C16H14N2O4S. The van der Waals surface area contributed by atoms with Gasteiger partial charge in [0.15, 0.2) is 5.69 Å². The predicted molar refractivity (Wildman–Crippen MR) is 86.5 cm³/mol. The first-order valence-electron chi connectivity index (χ1n) is 6.89. The van der Waals surface area contributed by atoms with Crippen molar-refractivity contribution in [1.82, 2.24) is 9.97 Å². The molecule has 23 heavy (non-hydrogen) atoms. The van der Waals surface area contributed by atoms with Crippen molar-refractivity contribution in [2.45, 2.75) is 13.2 Å². The maximum Gasteiger partial charge on any atom is 0.358 e. The van der Waals surface area contributed by atoms with Crippen LogP contribution in [0.15, 0.2) is 40.5 Å². The standard InChI is InChI=1S/C16H14N2O4S/c1-21-8-14-17-13(9-23-14)16(20)22-7-11-6-10-4-2-3-5-12(10)18-15(11)19/h2-6,9H,7-8H2,1H3,(H,18,19). The number of carbonyl (C=O) groups excluding carboxylic acids is 1. The van der Waals surface area contributed by atoms with Crippen LogP contribution in [0.3, 0.4) is 0 Å². The van der Waals surface area contributed by atoms with Crippen LogP contribution in [0.2, 0.25) is 0 Å². The fourth-order valence-corrected chi connectivity index (χ4v) is 2.84. The number of esters is 1. The van der Waals surface area contributed by atoms with Crippen LogP contribution < -0.4 is 5.56 Å². The van der Waals surface area contributed by atoms with Crippen molar-refractivity contribution in [3.05, 3.63) is 62.3 Å². The summed E-state index contributed by atoms with van der Waals surface area (Å²) in [5.41, 5.74) is 1.09. The van der Waals surface area contributed by atoms with Crippen molar-refractivity contribution in [1.29, 1.82) is 0 Å². The fourth-order valence-electron chi connectivity index (χ4n) is 2.11. The highest BCUT2D eigenvalue weighted by Gasteiger charge is 2.13. The van der Waals surface area contributed by atoms with Crippen molar-refractivity contribution in [2.75, 3.05) is 7.11 Å². The largest absolute Gasteiger partial charge is 0.456 e. The lowest BCUT2D eigenvalue weighted by molar-refractivity contribution is 0.0464. The van der Waals surface area contributed by atoms with Crippen LogP contribution in [-0.4, -0.2) is 23.0 Å². The van der Waals surface area contributed by atoms with Gasteiger partial charge in [-0.3, -0.25) is 4.79 Å². The Bertz CT molecular complexity index is 900. The van der Waals surface area contributed by atoms with Crippen molar-refractivity contribution in [3.8, 4) is 0 Å². The number of H-pyrrole nitrogens is 1. The van der Waals surface area contributed by atoms with E-state index in [-0.39, 0.29) is 17.9 Å². The number of ether oxygens (including phenoxy) is 2. The Morgan fingerprint density at radius 3 is 2.96 bits per heavy atom. The molecule has 2 aromatic heterocycles. The number of carbonyl (C=O) groups is 1. The molecule has 0 aliphatic heterocycles. The van der Waals surface area contributed by atoms with Gasteiger partial charge in [-0.1, -0.05) is 18.2 Å². The molecule has 3 rings (SSSR count). The highest BCUT2D eigenvalue weighted by atomic mass is 32.1. The summed E-state index contributed by atoms with van der Waals surface area (Å²) in [6, 6.07) is 9.15. The summed E-state index contributed by atoms with van der Waals surface area (Å²) in [6.45, 7) is 0.248. The molecule has 0 saturated heterocycles. The number of methoxy groups -OCH3 is 1. The van der Waals surface area contributed by atoms with Crippen LogP contribution in [0.4, 0.5) is 0 Å². The Kier molecular flexibility index (Phi) is 4.50. The molecule has 0 spiro atoms. The average molecular weight is 330 g/mol. The molecule has 1 aromatic carbocycles. The second-order valence-electron chi connectivity index (χ2n) is 4.85. The molecule has 6 nitrogen and oxygen atoms in total. The first-order valence-corrected chi connectivity index (χ1v) is 7.77. The molecule has 0 unspecified atom stereocenters. The second kappa shape index (κ2) is 6.72. The van der Waals surface area contributed by atoms with Gasteiger partial charge in [0.25, 0.3) is 5.56 Å². The average Bonchev–Trinajstić information content (AvgIpc) is 3.01. The maximum absolute atomic E-state index is 12.0. The molecule has 0 fully saturated rings. The van der Waals surface area contributed by atoms with Gasteiger partial charge in [-0.05, 0) is 17.5 Å².